The molecule has 0 aliphatic carbocycles. The van der Waals surface area contributed by atoms with Crippen molar-refractivity contribution in [2.45, 2.75) is 60.5 Å². The average Bonchev–Trinajstić information content (AvgIpc) is 2.49. The smallest absolute Gasteiger partial charge is 0.125 e. The molecular formula is C21H37NO2. The SMILES string of the molecule is Cc1cccc(C)c1OC[C@@H](O)CN(CCC(C)C)CCC(C)C. The Morgan fingerprint density at radius 3 is 1.92 bits per heavy atom. The van der Waals surface area contributed by atoms with Crippen LogP contribution in [0.1, 0.15) is 51.7 Å². The third-order valence-electron chi connectivity index (χ3n) is 4.34. The van der Waals surface area contributed by atoms with Crippen LogP contribution in [-0.4, -0.2) is 42.4 Å². The van der Waals surface area contributed by atoms with Crippen molar-refractivity contribution in [3.05, 3.63) is 29.3 Å². The van der Waals surface area contributed by atoms with Crippen LogP contribution < -0.4 is 4.74 Å². The van der Waals surface area contributed by atoms with Crippen LogP contribution in [0.4, 0.5) is 0 Å². The second-order valence-electron chi connectivity index (χ2n) is 7.85. The van der Waals surface area contributed by atoms with Crippen molar-refractivity contribution >= 4 is 0 Å². The fraction of sp³-hybridized carbons (Fsp3) is 0.714. The standard InChI is InChI=1S/C21H37NO2/c1-16(2)10-12-22(13-11-17(3)4)14-20(23)15-24-21-18(5)8-7-9-19(21)6/h7-9,16-17,20,23H,10-15H2,1-6H3/t20-/m0/s1. The molecule has 1 aromatic rings. The minimum Gasteiger partial charge on any atom is -0.490 e. The highest BCUT2D eigenvalue weighted by molar-refractivity contribution is 5.39. The predicted molar refractivity (Wildman–Crippen MR) is 103 cm³/mol. The zero-order valence-corrected chi connectivity index (χ0v) is 16.5. The van der Waals surface area contributed by atoms with Crippen molar-refractivity contribution in [2.75, 3.05) is 26.2 Å². The lowest BCUT2D eigenvalue weighted by Gasteiger charge is -2.27. The molecule has 0 fully saturated rings. The highest BCUT2D eigenvalue weighted by Crippen LogP contribution is 2.22. The molecule has 0 aliphatic rings. The van der Waals surface area contributed by atoms with Gasteiger partial charge in [0.1, 0.15) is 18.5 Å². The summed E-state index contributed by atoms with van der Waals surface area (Å²) in [5.41, 5.74) is 2.25. The summed E-state index contributed by atoms with van der Waals surface area (Å²) in [6.45, 7) is 16.2. The van der Waals surface area contributed by atoms with E-state index < -0.39 is 6.10 Å². The Balaban J connectivity index is 2.52. The summed E-state index contributed by atoms with van der Waals surface area (Å²) in [5.74, 6) is 2.29. The molecule has 138 valence electrons. The van der Waals surface area contributed by atoms with Gasteiger partial charge in [0.25, 0.3) is 0 Å². The maximum Gasteiger partial charge on any atom is 0.125 e. The van der Waals surface area contributed by atoms with Crippen LogP contribution in [-0.2, 0) is 0 Å². The number of hydrogen-bond donors (Lipinski definition) is 1. The largest absolute Gasteiger partial charge is 0.490 e. The second kappa shape index (κ2) is 10.7. The predicted octanol–water partition coefficient (Wildman–Crippen LogP) is 4.44. The number of hydrogen-bond acceptors (Lipinski definition) is 3. The van der Waals surface area contributed by atoms with E-state index in [1.165, 1.54) is 12.8 Å². The Hall–Kier alpha value is -1.06. The van der Waals surface area contributed by atoms with E-state index in [0.29, 0.717) is 25.0 Å². The van der Waals surface area contributed by atoms with E-state index in [1.807, 2.05) is 32.0 Å². The molecule has 1 rings (SSSR count). The molecule has 0 heterocycles. The zero-order valence-electron chi connectivity index (χ0n) is 16.5. The third-order valence-corrected chi connectivity index (χ3v) is 4.34. The summed E-state index contributed by atoms with van der Waals surface area (Å²) in [4.78, 5) is 2.39. The monoisotopic (exact) mass is 335 g/mol. The Morgan fingerprint density at radius 2 is 1.46 bits per heavy atom. The highest BCUT2D eigenvalue weighted by atomic mass is 16.5. The summed E-state index contributed by atoms with van der Waals surface area (Å²) in [6, 6.07) is 6.13. The number of aryl methyl sites for hydroxylation is 2. The first kappa shape index (κ1) is 21.0. The van der Waals surface area contributed by atoms with Crippen LogP contribution in [0.25, 0.3) is 0 Å². The third kappa shape index (κ3) is 8.16. The molecule has 0 saturated carbocycles. The molecule has 3 heteroatoms. The van der Waals surface area contributed by atoms with Gasteiger partial charge < -0.3 is 14.7 Å². The molecule has 3 nitrogen and oxygen atoms in total. The van der Waals surface area contributed by atoms with Gasteiger partial charge in [-0.05, 0) is 62.7 Å². The fourth-order valence-electron chi connectivity index (χ4n) is 2.73. The molecule has 0 bridgehead atoms. The van der Waals surface area contributed by atoms with Gasteiger partial charge in [0.15, 0.2) is 0 Å². The number of para-hydroxylation sites is 1. The summed E-state index contributed by atoms with van der Waals surface area (Å²) < 4.78 is 5.90. The van der Waals surface area contributed by atoms with Gasteiger partial charge in [0.05, 0.1) is 0 Å². The minimum atomic E-state index is -0.455. The van der Waals surface area contributed by atoms with Crippen molar-refractivity contribution in [3.63, 3.8) is 0 Å². The summed E-state index contributed by atoms with van der Waals surface area (Å²) in [6.07, 6.45) is 1.88. The molecule has 0 amide bonds. The van der Waals surface area contributed by atoms with Gasteiger partial charge in [-0.25, -0.2) is 0 Å². The van der Waals surface area contributed by atoms with Crippen molar-refractivity contribution in [1.29, 1.82) is 0 Å². The molecule has 0 aromatic heterocycles. The lowest BCUT2D eigenvalue weighted by molar-refractivity contribution is 0.0645. The molecule has 0 aliphatic heterocycles. The van der Waals surface area contributed by atoms with E-state index in [1.54, 1.807) is 0 Å². The van der Waals surface area contributed by atoms with Gasteiger partial charge >= 0.3 is 0 Å². The molecule has 24 heavy (non-hydrogen) atoms. The highest BCUT2D eigenvalue weighted by Gasteiger charge is 2.14. The van der Waals surface area contributed by atoms with E-state index in [4.69, 9.17) is 4.74 Å². The van der Waals surface area contributed by atoms with Gasteiger partial charge in [-0.2, -0.15) is 0 Å². The van der Waals surface area contributed by atoms with E-state index in [-0.39, 0.29) is 0 Å². The molecule has 1 N–H and O–H groups in total. The molecular weight excluding hydrogens is 298 g/mol. The Labute approximate surface area is 149 Å². The van der Waals surface area contributed by atoms with Crippen molar-refractivity contribution in [1.82, 2.24) is 4.90 Å². The average molecular weight is 336 g/mol. The Morgan fingerprint density at radius 1 is 0.958 bits per heavy atom. The van der Waals surface area contributed by atoms with Crippen molar-refractivity contribution in [2.24, 2.45) is 11.8 Å². The Kier molecular flexibility index (Phi) is 9.38. The Bertz CT molecular complexity index is 439. The topological polar surface area (TPSA) is 32.7 Å². The summed E-state index contributed by atoms with van der Waals surface area (Å²) >= 11 is 0. The first-order valence-corrected chi connectivity index (χ1v) is 9.39. The van der Waals surface area contributed by atoms with Crippen LogP contribution in [0.3, 0.4) is 0 Å². The number of rotatable bonds is 11. The molecule has 1 aromatic carbocycles. The second-order valence-corrected chi connectivity index (χ2v) is 7.85. The van der Waals surface area contributed by atoms with Gasteiger partial charge in [-0.3, -0.25) is 0 Å². The number of ether oxygens (including phenoxy) is 1. The van der Waals surface area contributed by atoms with Crippen LogP contribution >= 0.6 is 0 Å². The first-order valence-electron chi connectivity index (χ1n) is 9.39. The van der Waals surface area contributed by atoms with Gasteiger partial charge in [-0.1, -0.05) is 45.9 Å². The zero-order chi connectivity index (χ0) is 18.1. The van der Waals surface area contributed by atoms with Crippen LogP contribution in [0.2, 0.25) is 0 Å². The van der Waals surface area contributed by atoms with Gasteiger partial charge in [-0.15, -0.1) is 0 Å². The number of nitrogens with zero attached hydrogens (tertiary/aromatic N) is 1. The molecule has 1 atom stereocenters. The van der Waals surface area contributed by atoms with Crippen molar-refractivity contribution in [3.8, 4) is 5.75 Å². The van der Waals surface area contributed by atoms with E-state index in [2.05, 4.69) is 32.6 Å². The quantitative estimate of drug-likeness (QED) is 0.649. The summed E-state index contributed by atoms with van der Waals surface area (Å²) in [5, 5.41) is 10.4. The maximum atomic E-state index is 10.4. The molecule has 0 spiro atoms. The first-order chi connectivity index (χ1) is 11.3. The maximum absolute atomic E-state index is 10.4. The van der Waals surface area contributed by atoms with Crippen molar-refractivity contribution < 1.29 is 9.84 Å². The molecule has 0 radical (unpaired) electrons. The van der Waals surface area contributed by atoms with Gasteiger partial charge in [0.2, 0.25) is 0 Å². The molecule has 0 saturated heterocycles. The summed E-state index contributed by atoms with van der Waals surface area (Å²) in [7, 11) is 0. The van der Waals surface area contributed by atoms with Crippen LogP contribution in [0.15, 0.2) is 18.2 Å². The lowest BCUT2D eigenvalue weighted by atomic mass is 10.1. The fourth-order valence-corrected chi connectivity index (χ4v) is 2.73. The number of benzene rings is 1. The van der Waals surface area contributed by atoms with E-state index in [9.17, 15) is 5.11 Å². The van der Waals surface area contributed by atoms with E-state index in [0.717, 1.165) is 30.0 Å². The number of aliphatic hydroxyl groups is 1. The van der Waals surface area contributed by atoms with Crippen LogP contribution in [0.5, 0.6) is 5.75 Å². The lowest BCUT2D eigenvalue weighted by Crippen LogP contribution is -2.37. The minimum absolute atomic E-state index is 0.353. The normalized spacial score (nSPS) is 13.1. The van der Waals surface area contributed by atoms with Crippen LogP contribution in [0, 0.1) is 25.7 Å². The number of aliphatic hydroxyl groups excluding tert-OH is 1. The molecule has 0 unspecified atom stereocenters. The van der Waals surface area contributed by atoms with Gasteiger partial charge in [0, 0.05) is 6.54 Å². The van der Waals surface area contributed by atoms with E-state index >= 15 is 0 Å².